The zero-order chi connectivity index (χ0) is 15.5. The fourth-order valence-corrected chi connectivity index (χ4v) is 3.93. The van der Waals surface area contributed by atoms with Gasteiger partial charge in [-0.2, -0.15) is 0 Å². The highest BCUT2D eigenvalue weighted by Crippen LogP contribution is 2.48. The maximum Gasteiger partial charge on any atom is 0.162 e. The van der Waals surface area contributed by atoms with Crippen molar-refractivity contribution in [3.63, 3.8) is 0 Å². The summed E-state index contributed by atoms with van der Waals surface area (Å²) in [5.41, 5.74) is 2.56. The van der Waals surface area contributed by atoms with Crippen molar-refractivity contribution >= 4 is 17.5 Å². The van der Waals surface area contributed by atoms with Gasteiger partial charge in [0.25, 0.3) is 0 Å². The lowest BCUT2D eigenvalue weighted by molar-refractivity contribution is -0.115. The molecule has 2 atom stereocenters. The SMILES string of the molecule is CCCCN1C(C)=CS/C1=C\C(=O)[C@@H]1C[C@H]1c1ccccc1. The van der Waals surface area contributed by atoms with Gasteiger partial charge >= 0.3 is 0 Å². The summed E-state index contributed by atoms with van der Waals surface area (Å²) in [6.07, 6.45) is 5.21. The summed E-state index contributed by atoms with van der Waals surface area (Å²) in [5.74, 6) is 0.903. The van der Waals surface area contributed by atoms with E-state index in [1.807, 2.05) is 12.1 Å². The van der Waals surface area contributed by atoms with Gasteiger partial charge in [0.2, 0.25) is 0 Å². The second-order valence-electron chi connectivity index (χ2n) is 6.13. The number of benzene rings is 1. The van der Waals surface area contributed by atoms with Gasteiger partial charge in [0.15, 0.2) is 5.78 Å². The van der Waals surface area contributed by atoms with E-state index in [0.717, 1.165) is 24.4 Å². The van der Waals surface area contributed by atoms with E-state index in [2.05, 4.69) is 48.4 Å². The number of ketones is 1. The van der Waals surface area contributed by atoms with Crippen molar-refractivity contribution in [2.75, 3.05) is 6.54 Å². The fraction of sp³-hybridized carbons (Fsp3) is 0.421. The molecule has 0 spiro atoms. The first kappa shape index (κ1) is 15.4. The first-order valence-electron chi connectivity index (χ1n) is 8.12. The van der Waals surface area contributed by atoms with Crippen molar-refractivity contribution < 1.29 is 4.79 Å². The first-order chi connectivity index (χ1) is 10.7. The topological polar surface area (TPSA) is 20.3 Å². The van der Waals surface area contributed by atoms with Crippen LogP contribution in [0.5, 0.6) is 0 Å². The molecular weight excluding hydrogens is 290 g/mol. The number of nitrogens with zero attached hydrogens (tertiary/aromatic N) is 1. The second-order valence-corrected chi connectivity index (χ2v) is 7.02. The molecule has 1 heterocycles. The van der Waals surface area contributed by atoms with Crippen LogP contribution in [0.3, 0.4) is 0 Å². The maximum absolute atomic E-state index is 12.5. The molecule has 2 nitrogen and oxygen atoms in total. The van der Waals surface area contributed by atoms with E-state index in [1.165, 1.54) is 17.7 Å². The Balaban J connectivity index is 1.64. The van der Waals surface area contributed by atoms with Crippen molar-refractivity contribution in [1.29, 1.82) is 0 Å². The minimum Gasteiger partial charge on any atom is -0.339 e. The second kappa shape index (κ2) is 6.74. The van der Waals surface area contributed by atoms with Crippen LogP contribution >= 0.6 is 11.8 Å². The van der Waals surface area contributed by atoms with Gasteiger partial charge in [-0.15, -0.1) is 0 Å². The highest BCUT2D eigenvalue weighted by Gasteiger charge is 2.43. The van der Waals surface area contributed by atoms with Gasteiger partial charge in [-0.05, 0) is 36.7 Å². The van der Waals surface area contributed by atoms with Crippen molar-refractivity contribution in [1.82, 2.24) is 4.90 Å². The quantitative estimate of drug-likeness (QED) is 0.696. The number of carbonyl (C=O) groups excluding carboxylic acids is 1. The smallest absolute Gasteiger partial charge is 0.162 e. The van der Waals surface area contributed by atoms with Crippen LogP contribution in [-0.2, 0) is 4.79 Å². The summed E-state index contributed by atoms with van der Waals surface area (Å²) in [6.45, 7) is 5.33. The minimum absolute atomic E-state index is 0.185. The van der Waals surface area contributed by atoms with Crippen molar-refractivity contribution in [2.24, 2.45) is 5.92 Å². The van der Waals surface area contributed by atoms with Gasteiger partial charge in [0.05, 0.1) is 5.03 Å². The van der Waals surface area contributed by atoms with Gasteiger partial charge in [-0.1, -0.05) is 55.4 Å². The van der Waals surface area contributed by atoms with Gasteiger partial charge < -0.3 is 4.90 Å². The van der Waals surface area contributed by atoms with Crippen LogP contribution in [0.25, 0.3) is 0 Å². The van der Waals surface area contributed by atoms with Crippen LogP contribution in [0.2, 0.25) is 0 Å². The molecule has 0 saturated heterocycles. The zero-order valence-corrected chi connectivity index (χ0v) is 14.1. The van der Waals surface area contributed by atoms with Crippen LogP contribution in [-0.4, -0.2) is 17.2 Å². The number of allylic oxidation sites excluding steroid dienone is 2. The molecule has 1 fully saturated rings. The van der Waals surface area contributed by atoms with Crippen LogP contribution in [0.15, 0.2) is 52.5 Å². The molecule has 1 aliphatic carbocycles. The number of carbonyl (C=O) groups is 1. The average Bonchev–Trinajstić information content (AvgIpc) is 3.27. The lowest BCUT2D eigenvalue weighted by Gasteiger charge is -2.21. The Labute approximate surface area is 137 Å². The number of hydrogen-bond donors (Lipinski definition) is 0. The summed E-state index contributed by atoms with van der Waals surface area (Å²) >= 11 is 1.68. The molecule has 1 aliphatic heterocycles. The average molecular weight is 313 g/mol. The molecule has 22 heavy (non-hydrogen) atoms. The zero-order valence-electron chi connectivity index (χ0n) is 13.3. The molecule has 1 aromatic rings. The third-order valence-electron chi connectivity index (χ3n) is 4.43. The summed E-state index contributed by atoms with van der Waals surface area (Å²) < 4.78 is 0. The van der Waals surface area contributed by atoms with Crippen molar-refractivity contribution in [3.05, 3.63) is 58.1 Å². The first-order valence-corrected chi connectivity index (χ1v) is 9.00. The number of rotatable bonds is 6. The van der Waals surface area contributed by atoms with E-state index in [0.29, 0.717) is 11.7 Å². The van der Waals surface area contributed by atoms with Gasteiger partial charge in [-0.3, -0.25) is 4.79 Å². The van der Waals surface area contributed by atoms with E-state index in [4.69, 9.17) is 0 Å². The van der Waals surface area contributed by atoms with E-state index in [-0.39, 0.29) is 5.92 Å². The Hall–Kier alpha value is -1.48. The van der Waals surface area contributed by atoms with Crippen LogP contribution in [0.4, 0.5) is 0 Å². The Bertz CT molecular complexity index is 605. The monoisotopic (exact) mass is 313 g/mol. The largest absolute Gasteiger partial charge is 0.339 e. The molecule has 0 amide bonds. The predicted molar refractivity (Wildman–Crippen MR) is 93.3 cm³/mol. The van der Waals surface area contributed by atoms with Crippen LogP contribution in [0, 0.1) is 5.92 Å². The van der Waals surface area contributed by atoms with Crippen molar-refractivity contribution in [3.8, 4) is 0 Å². The molecule has 1 saturated carbocycles. The molecule has 3 heteroatoms. The van der Waals surface area contributed by atoms with Crippen LogP contribution in [0.1, 0.15) is 44.6 Å². The van der Waals surface area contributed by atoms with E-state index >= 15 is 0 Å². The molecule has 0 unspecified atom stereocenters. The third-order valence-corrected chi connectivity index (χ3v) is 5.47. The molecule has 3 rings (SSSR count). The molecule has 0 radical (unpaired) electrons. The van der Waals surface area contributed by atoms with E-state index in [9.17, 15) is 4.79 Å². The molecule has 0 aromatic heterocycles. The summed E-state index contributed by atoms with van der Waals surface area (Å²) in [6, 6.07) is 10.4. The summed E-state index contributed by atoms with van der Waals surface area (Å²) in [5, 5.41) is 3.26. The van der Waals surface area contributed by atoms with Gasteiger partial charge in [0, 0.05) is 24.2 Å². The number of unbranched alkanes of at least 4 members (excludes halogenated alkanes) is 1. The standard InChI is InChI=1S/C19H23NOS/c1-3-4-10-20-14(2)13-22-19(20)12-18(21)17-11-16(17)15-8-6-5-7-9-15/h5-9,12-13,16-17H,3-4,10-11H2,1-2H3/b19-12-/t16-,17+/m0/s1. The summed E-state index contributed by atoms with van der Waals surface area (Å²) in [7, 11) is 0. The lowest BCUT2D eigenvalue weighted by atomic mass is 10.1. The molecule has 0 N–H and O–H groups in total. The lowest BCUT2D eigenvalue weighted by Crippen LogP contribution is -2.18. The van der Waals surface area contributed by atoms with E-state index in [1.54, 1.807) is 11.8 Å². The highest BCUT2D eigenvalue weighted by molar-refractivity contribution is 8.06. The minimum atomic E-state index is 0.185. The molecule has 1 aromatic carbocycles. The Kier molecular flexibility index (Phi) is 4.72. The molecule has 116 valence electrons. The number of hydrogen-bond acceptors (Lipinski definition) is 3. The highest BCUT2D eigenvalue weighted by atomic mass is 32.2. The summed E-state index contributed by atoms with van der Waals surface area (Å²) in [4.78, 5) is 14.8. The Morgan fingerprint density at radius 2 is 2.14 bits per heavy atom. The van der Waals surface area contributed by atoms with Gasteiger partial charge in [0.1, 0.15) is 0 Å². The third kappa shape index (κ3) is 3.30. The molecule has 0 bridgehead atoms. The fourth-order valence-electron chi connectivity index (χ4n) is 2.97. The normalized spacial score (nSPS) is 25.5. The van der Waals surface area contributed by atoms with Gasteiger partial charge in [-0.25, -0.2) is 0 Å². The van der Waals surface area contributed by atoms with Crippen molar-refractivity contribution in [2.45, 2.75) is 39.0 Å². The Morgan fingerprint density at radius 3 is 2.86 bits per heavy atom. The van der Waals surface area contributed by atoms with E-state index < -0.39 is 0 Å². The van der Waals surface area contributed by atoms with Crippen LogP contribution < -0.4 is 0 Å². The maximum atomic E-state index is 12.5. The molecule has 2 aliphatic rings. The molecular formula is C19H23NOS. The Morgan fingerprint density at radius 1 is 1.36 bits per heavy atom. The predicted octanol–water partition coefficient (Wildman–Crippen LogP) is 4.91. The number of thioether (sulfide) groups is 1.